The van der Waals surface area contributed by atoms with Crippen molar-refractivity contribution in [3.63, 3.8) is 0 Å². The third-order valence-electron chi connectivity index (χ3n) is 4.30. The first kappa shape index (κ1) is 15.3. The van der Waals surface area contributed by atoms with E-state index < -0.39 is 10.0 Å². The van der Waals surface area contributed by atoms with Gasteiger partial charge in [0.2, 0.25) is 10.0 Å². The molecule has 6 heteroatoms. The molecule has 0 spiro atoms. The third kappa shape index (κ3) is 2.96. The van der Waals surface area contributed by atoms with Crippen LogP contribution in [0.3, 0.4) is 0 Å². The normalized spacial score (nSPS) is 20.2. The van der Waals surface area contributed by atoms with Gasteiger partial charge in [0, 0.05) is 25.5 Å². The zero-order valence-electron chi connectivity index (χ0n) is 12.3. The lowest BCUT2D eigenvalue weighted by Gasteiger charge is -2.38. The number of aromatic nitrogens is 1. The second kappa shape index (κ2) is 5.33. The van der Waals surface area contributed by atoms with Crippen LogP contribution in [0.1, 0.15) is 39.5 Å². The molecule has 0 radical (unpaired) electrons. The first-order chi connectivity index (χ1) is 9.24. The highest BCUT2D eigenvalue weighted by Crippen LogP contribution is 2.38. The summed E-state index contributed by atoms with van der Waals surface area (Å²) in [6, 6.07) is 1.57. The Morgan fingerprint density at radius 3 is 2.50 bits per heavy atom. The summed E-state index contributed by atoms with van der Waals surface area (Å²) in [5, 5.41) is 0. The molecule has 1 saturated carbocycles. The van der Waals surface area contributed by atoms with Crippen LogP contribution in [0.4, 0.5) is 5.69 Å². The minimum absolute atomic E-state index is 0.0487. The van der Waals surface area contributed by atoms with Crippen molar-refractivity contribution >= 4 is 15.7 Å². The molecule has 0 aromatic carbocycles. The number of nitrogen functional groups attached to an aromatic ring is 1. The van der Waals surface area contributed by atoms with E-state index in [1.54, 1.807) is 7.05 Å². The number of sulfonamides is 1. The summed E-state index contributed by atoms with van der Waals surface area (Å²) in [5.74, 6) is 0. The number of pyridine rings is 1. The zero-order chi connectivity index (χ0) is 15.0. The van der Waals surface area contributed by atoms with E-state index in [1.165, 1.54) is 22.8 Å². The molecule has 1 aromatic rings. The second-order valence-electron chi connectivity index (χ2n) is 6.33. The fourth-order valence-electron chi connectivity index (χ4n) is 2.71. The molecule has 20 heavy (non-hydrogen) atoms. The van der Waals surface area contributed by atoms with E-state index in [4.69, 9.17) is 5.73 Å². The van der Waals surface area contributed by atoms with Crippen LogP contribution in [0, 0.1) is 5.41 Å². The van der Waals surface area contributed by atoms with Crippen LogP contribution in [0.25, 0.3) is 0 Å². The van der Waals surface area contributed by atoms with Gasteiger partial charge in [-0.3, -0.25) is 4.98 Å². The van der Waals surface area contributed by atoms with Crippen molar-refractivity contribution in [3.05, 3.63) is 18.5 Å². The van der Waals surface area contributed by atoms with Crippen LogP contribution in [-0.4, -0.2) is 30.8 Å². The summed E-state index contributed by atoms with van der Waals surface area (Å²) in [5.41, 5.74) is 6.34. The lowest BCUT2D eigenvalue weighted by molar-refractivity contribution is 0.174. The Morgan fingerprint density at radius 2 is 1.95 bits per heavy atom. The van der Waals surface area contributed by atoms with Crippen molar-refractivity contribution in [2.75, 3.05) is 12.8 Å². The molecule has 1 heterocycles. The number of rotatable bonds is 3. The molecule has 112 valence electrons. The van der Waals surface area contributed by atoms with Crippen molar-refractivity contribution in [1.29, 1.82) is 0 Å². The van der Waals surface area contributed by atoms with Crippen molar-refractivity contribution in [2.45, 2.75) is 50.5 Å². The second-order valence-corrected chi connectivity index (χ2v) is 8.30. The number of nitrogens with zero attached hydrogens (tertiary/aromatic N) is 2. The van der Waals surface area contributed by atoms with Gasteiger partial charge in [-0.15, -0.1) is 0 Å². The molecule has 1 fully saturated rings. The molecule has 2 N–H and O–H groups in total. The Labute approximate surface area is 121 Å². The van der Waals surface area contributed by atoms with Gasteiger partial charge in [-0.2, -0.15) is 4.31 Å². The van der Waals surface area contributed by atoms with Gasteiger partial charge in [0.15, 0.2) is 0 Å². The molecule has 0 amide bonds. The van der Waals surface area contributed by atoms with E-state index in [9.17, 15) is 8.42 Å². The van der Waals surface area contributed by atoms with E-state index in [0.29, 0.717) is 5.41 Å². The van der Waals surface area contributed by atoms with Gasteiger partial charge >= 0.3 is 0 Å². The standard InChI is InChI=1S/C14H23N3O2S/c1-14(2)7-4-11(5-8-14)17(3)20(18,19)13-10-16-9-6-12(13)15/h6,9-11H,4-5,7-8H2,1-3H3,(H2,15,16). The highest BCUT2D eigenvalue weighted by atomic mass is 32.2. The largest absolute Gasteiger partial charge is 0.398 e. The SMILES string of the molecule is CN(C1CCC(C)(C)CC1)S(=O)(=O)c1cnccc1N. The van der Waals surface area contributed by atoms with Gasteiger partial charge in [-0.1, -0.05) is 13.8 Å². The van der Waals surface area contributed by atoms with Crippen LogP contribution >= 0.6 is 0 Å². The molecule has 1 aromatic heterocycles. The van der Waals surface area contributed by atoms with E-state index in [0.717, 1.165) is 25.7 Å². The Hall–Kier alpha value is -1.14. The average molecular weight is 297 g/mol. The van der Waals surface area contributed by atoms with Crippen molar-refractivity contribution in [3.8, 4) is 0 Å². The predicted molar refractivity (Wildman–Crippen MR) is 79.6 cm³/mol. The summed E-state index contributed by atoms with van der Waals surface area (Å²) in [6.07, 6.45) is 6.69. The van der Waals surface area contributed by atoms with Gasteiger partial charge in [0.05, 0.1) is 5.69 Å². The molecule has 1 aliphatic carbocycles. The van der Waals surface area contributed by atoms with Crippen LogP contribution in [0.5, 0.6) is 0 Å². The first-order valence-electron chi connectivity index (χ1n) is 6.91. The van der Waals surface area contributed by atoms with Gasteiger partial charge < -0.3 is 5.73 Å². The van der Waals surface area contributed by atoms with E-state index in [2.05, 4.69) is 18.8 Å². The fourth-order valence-corrected chi connectivity index (χ4v) is 4.18. The molecule has 1 aliphatic rings. The summed E-state index contributed by atoms with van der Waals surface area (Å²) in [6.45, 7) is 4.47. The lowest BCUT2D eigenvalue weighted by atomic mass is 9.76. The van der Waals surface area contributed by atoms with Crippen LogP contribution in [-0.2, 0) is 10.0 Å². The van der Waals surface area contributed by atoms with E-state index in [-0.39, 0.29) is 16.6 Å². The first-order valence-corrected chi connectivity index (χ1v) is 8.35. The summed E-state index contributed by atoms with van der Waals surface area (Å²) < 4.78 is 26.7. The average Bonchev–Trinajstić information content (AvgIpc) is 2.38. The number of hydrogen-bond acceptors (Lipinski definition) is 4. The van der Waals surface area contributed by atoms with Gasteiger partial charge in [0.25, 0.3) is 0 Å². The maximum atomic E-state index is 12.6. The predicted octanol–water partition coefficient (Wildman–Crippen LogP) is 2.25. The quantitative estimate of drug-likeness (QED) is 0.928. The minimum Gasteiger partial charge on any atom is -0.398 e. The lowest BCUT2D eigenvalue weighted by Crippen LogP contribution is -2.41. The highest BCUT2D eigenvalue weighted by Gasteiger charge is 2.34. The van der Waals surface area contributed by atoms with Crippen molar-refractivity contribution in [2.24, 2.45) is 5.41 Å². The van der Waals surface area contributed by atoms with Gasteiger partial charge in [-0.25, -0.2) is 8.42 Å². The number of nitrogens with two attached hydrogens (primary N) is 1. The topological polar surface area (TPSA) is 76.3 Å². The zero-order valence-corrected chi connectivity index (χ0v) is 13.2. The molecule has 0 bridgehead atoms. The minimum atomic E-state index is -3.56. The summed E-state index contributed by atoms with van der Waals surface area (Å²) >= 11 is 0. The maximum absolute atomic E-state index is 12.6. The monoisotopic (exact) mass is 297 g/mol. The third-order valence-corrected chi connectivity index (χ3v) is 6.25. The van der Waals surface area contributed by atoms with Crippen molar-refractivity contribution in [1.82, 2.24) is 9.29 Å². The van der Waals surface area contributed by atoms with Gasteiger partial charge in [-0.05, 0) is 37.2 Å². The van der Waals surface area contributed by atoms with E-state index in [1.807, 2.05) is 0 Å². The molecular weight excluding hydrogens is 274 g/mol. The Balaban J connectivity index is 2.21. The highest BCUT2D eigenvalue weighted by molar-refractivity contribution is 7.89. The molecule has 5 nitrogen and oxygen atoms in total. The molecule has 0 atom stereocenters. The number of anilines is 1. The van der Waals surface area contributed by atoms with E-state index >= 15 is 0 Å². The van der Waals surface area contributed by atoms with Crippen molar-refractivity contribution < 1.29 is 8.42 Å². The van der Waals surface area contributed by atoms with Crippen LogP contribution in [0.15, 0.2) is 23.4 Å². The molecule has 0 aliphatic heterocycles. The smallest absolute Gasteiger partial charge is 0.246 e. The summed E-state index contributed by atoms with van der Waals surface area (Å²) in [7, 11) is -1.92. The Kier molecular flexibility index (Phi) is 4.07. The molecular formula is C14H23N3O2S. The Bertz CT molecular complexity index is 574. The van der Waals surface area contributed by atoms with Gasteiger partial charge in [0.1, 0.15) is 4.90 Å². The molecule has 0 unspecified atom stereocenters. The molecule has 2 rings (SSSR count). The fraction of sp³-hybridized carbons (Fsp3) is 0.643. The summed E-state index contributed by atoms with van der Waals surface area (Å²) in [4.78, 5) is 3.98. The maximum Gasteiger partial charge on any atom is 0.246 e. The van der Waals surface area contributed by atoms with Crippen LogP contribution < -0.4 is 5.73 Å². The number of hydrogen-bond donors (Lipinski definition) is 1. The van der Waals surface area contributed by atoms with Crippen LogP contribution in [0.2, 0.25) is 0 Å². The Morgan fingerprint density at radius 1 is 1.35 bits per heavy atom. The molecule has 0 saturated heterocycles.